The maximum atomic E-state index is 13.8. The molecular formula is C28H31N3O4. The minimum atomic E-state index is -0.802. The first-order valence-corrected chi connectivity index (χ1v) is 12.0. The molecule has 0 radical (unpaired) electrons. The number of carbonyl (C=O) groups excluding carboxylic acids is 1. The Morgan fingerprint density at radius 3 is 2.26 bits per heavy atom. The third kappa shape index (κ3) is 4.61. The van der Waals surface area contributed by atoms with E-state index in [2.05, 4.69) is 14.8 Å². The SMILES string of the molecule is COc1ccc(C2(C(=O)OC(c3ccccc3)N3CCN(c4ccccn4)CC3)CC2OC)cc1. The van der Waals surface area contributed by atoms with Crippen molar-refractivity contribution in [3.63, 3.8) is 0 Å². The van der Waals surface area contributed by atoms with Crippen molar-refractivity contribution in [3.05, 3.63) is 90.1 Å². The van der Waals surface area contributed by atoms with Gasteiger partial charge in [-0.15, -0.1) is 0 Å². The van der Waals surface area contributed by atoms with Crippen LogP contribution in [0.5, 0.6) is 5.75 Å². The lowest BCUT2D eigenvalue weighted by molar-refractivity contribution is -0.165. The van der Waals surface area contributed by atoms with E-state index in [4.69, 9.17) is 14.2 Å². The molecule has 3 unspecified atom stereocenters. The molecule has 0 spiro atoms. The molecule has 1 aromatic heterocycles. The first-order valence-electron chi connectivity index (χ1n) is 12.0. The zero-order chi connectivity index (χ0) is 24.3. The van der Waals surface area contributed by atoms with E-state index in [1.54, 1.807) is 14.2 Å². The fourth-order valence-electron chi connectivity index (χ4n) is 4.95. The zero-order valence-electron chi connectivity index (χ0n) is 20.2. The third-order valence-electron chi connectivity index (χ3n) is 7.07. The van der Waals surface area contributed by atoms with E-state index in [0.717, 1.165) is 48.9 Å². The molecule has 5 rings (SSSR count). The Kier molecular flexibility index (Phi) is 6.70. The summed E-state index contributed by atoms with van der Waals surface area (Å²) in [4.78, 5) is 22.8. The summed E-state index contributed by atoms with van der Waals surface area (Å²) in [6.45, 7) is 3.13. The van der Waals surface area contributed by atoms with Gasteiger partial charge in [0.2, 0.25) is 0 Å². The van der Waals surface area contributed by atoms with Crippen LogP contribution in [0, 0.1) is 0 Å². The molecule has 7 nitrogen and oxygen atoms in total. The lowest BCUT2D eigenvalue weighted by Gasteiger charge is -2.39. The number of aromatic nitrogens is 1. The van der Waals surface area contributed by atoms with Crippen LogP contribution in [0.3, 0.4) is 0 Å². The van der Waals surface area contributed by atoms with Crippen LogP contribution in [-0.4, -0.2) is 62.4 Å². The Balaban J connectivity index is 1.36. The van der Waals surface area contributed by atoms with Crippen molar-refractivity contribution < 1.29 is 19.0 Å². The van der Waals surface area contributed by atoms with Crippen LogP contribution in [-0.2, 0) is 19.7 Å². The van der Waals surface area contributed by atoms with Crippen LogP contribution in [0.15, 0.2) is 79.0 Å². The molecule has 1 aliphatic carbocycles. The average Bonchev–Trinajstić information content (AvgIpc) is 3.69. The van der Waals surface area contributed by atoms with Crippen molar-refractivity contribution >= 4 is 11.8 Å². The number of benzene rings is 2. The maximum Gasteiger partial charge on any atom is 0.321 e. The summed E-state index contributed by atoms with van der Waals surface area (Å²) in [5.41, 5.74) is 1.05. The number of esters is 1. The van der Waals surface area contributed by atoms with E-state index < -0.39 is 11.6 Å². The Labute approximate surface area is 206 Å². The van der Waals surface area contributed by atoms with Crippen molar-refractivity contribution in [1.29, 1.82) is 0 Å². The highest BCUT2D eigenvalue weighted by molar-refractivity contribution is 5.88. The van der Waals surface area contributed by atoms with Crippen LogP contribution >= 0.6 is 0 Å². The van der Waals surface area contributed by atoms with E-state index in [-0.39, 0.29) is 12.1 Å². The van der Waals surface area contributed by atoms with Gasteiger partial charge in [0.15, 0.2) is 6.23 Å². The van der Waals surface area contributed by atoms with Crippen molar-refractivity contribution in [2.24, 2.45) is 0 Å². The van der Waals surface area contributed by atoms with Gasteiger partial charge in [-0.3, -0.25) is 9.69 Å². The van der Waals surface area contributed by atoms with E-state index in [1.165, 1.54) is 0 Å². The number of methoxy groups -OCH3 is 2. The first kappa shape index (κ1) is 23.3. The fraction of sp³-hybridized carbons (Fsp3) is 0.357. The van der Waals surface area contributed by atoms with Crippen LogP contribution in [0.2, 0.25) is 0 Å². The Hall–Kier alpha value is -3.42. The fourth-order valence-corrected chi connectivity index (χ4v) is 4.95. The summed E-state index contributed by atoms with van der Waals surface area (Å²) >= 11 is 0. The van der Waals surface area contributed by atoms with Crippen LogP contribution < -0.4 is 9.64 Å². The molecule has 2 fully saturated rings. The second kappa shape index (κ2) is 10.1. The molecule has 1 aliphatic heterocycles. The molecule has 3 aromatic rings. The number of hydrogen-bond donors (Lipinski definition) is 0. The Morgan fingerprint density at radius 1 is 0.943 bits per heavy atom. The maximum absolute atomic E-state index is 13.8. The normalized spacial score (nSPS) is 22.9. The quantitative estimate of drug-likeness (QED) is 0.461. The molecule has 2 aliphatic rings. The number of pyridine rings is 1. The van der Waals surface area contributed by atoms with Gasteiger partial charge < -0.3 is 19.1 Å². The summed E-state index contributed by atoms with van der Waals surface area (Å²) in [5, 5.41) is 0. The summed E-state index contributed by atoms with van der Waals surface area (Å²) in [7, 11) is 3.28. The van der Waals surface area contributed by atoms with Crippen LogP contribution in [0.25, 0.3) is 0 Å². The molecule has 2 aromatic carbocycles. The minimum Gasteiger partial charge on any atom is -0.497 e. The van der Waals surface area contributed by atoms with Crippen molar-refractivity contribution in [1.82, 2.24) is 9.88 Å². The lowest BCUT2D eigenvalue weighted by Crippen LogP contribution is -2.49. The number of anilines is 1. The van der Waals surface area contributed by atoms with Crippen molar-refractivity contribution in [3.8, 4) is 5.75 Å². The molecule has 182 valence electrons. The van der Waals surface area contributed by atoms with Gasteiger partial charge in [-0.2, -0.15) is 0 Å². The molecule has 2 heterocycles. The number of hydrogen-bond acceptors (Lipinski definition) is 7. The van der Waals surface area contributed by atoms with Gasteiger partial charge in [0, 0.05) is 45.0 Å². The number of carbonyl (C=O) groups is 1. The molecule has 1 saturated carbocycles. The summed E-state index contributed by atoms with van der Waals surface area (Å²) in [6, 6.07) is 23.5. The minimum absolute atomic E-state index is 0.208. The van der Waals surface area contributed by atoms with Gasteiger partial charge in [0.25, 0.3) is 0 Å². The second-order valence-electron chi connectivity index (χ2n) is 9.01. The van der Waals surface area contributed by atoms with Crippen LogP contribution in [0.1, 0.15) is 23.8 Å². The standard InChI is InChI=1S/C28H31N3O4/c1-33-23-13-11-22(12-14-23)28(20-24(28)34-2)27(32)35-26(21-8-4-3-5-9-21)31-18-16-30(17-19-31)25-10-6-7-15-29-25/h3-15,24,26H,16-20H2,1-2H3. The van der Waals surface area contributed by atoms with Crippen molar-refractivity contribution in [2.45, 2.75) is 24.2 Å². The number of piperazine rings is 1. The summed E-state index contributed by atoms with van der Waals surface area (Å²) in [6.07, 6.45) is 1.74. The first-order chi connectivity index (χ1) is 17.2. The molecule has 3 atom stereocenters. The highest BCUT2D eigenvalue weighted by atomic mass is 16.6. The Morgan fingerprint density at radius 2 is 1.66 bits per heavy atom. The Bertz CT molecular complexity index is 1120. The monoisotopic (exact) mass is 473 g/mol. The number of nitrogens with zero attached hydrogens (tertiary/aromatic N) is 3. The third-order valence-corrected chi connectivity index (χ3v) is 7.07. The van der Waals surface area contributed by atoms with Gasteiger partial charge >= 0.3 is 5.97 Å². The predicted molar refractivity (Wildman–Crippen MR) is 133 cm³/mol. The van der Waals surface area contributed by atoms with E-state index in [0.29, 0.717) is 6.42 Å². The molecule has 1 saturated heterocycles. The average molecular weight is 474 g/mol. The molecule has 0 N–H and O–H groups in total. The lowest BCUT2D eigenvalue weighted by atomic mass is 9.95. The highest BCUT2D eigenvalue weighted by Crippen LogP contribution is 2.52. The second-order valence-corrected chi connectivity index (χ2v) is 9.01. The molecule has 35 heavy (non-hydrogen) atoms. The van der Waals surface area contributed by atoms with E-state index in [1.807, 2.05) is 79.0 Å². The molecule has 0 amide bonds. The van der Waals surface area contributed by atoms with Gasteiger partial charge in [-0.1, -0.05) is 48.5 Å². The van der Waals surface area contributed by atoms with Gasteiger partial charge in [-0.05, 0) is 36.2 Å². The van der Waals surface area contributed by atoms with Gasteiger partial charge in [0.1, 0.15) is 17.0 Å². The van der Waals surface area contributed by atoms with Gasteiger partial charge in [0.05, 0.1) is 13.2 Å². The molecule has 7 heteroatoms. The largest absolute Gasteiger partial charge is 0.497 e. The van der Waals surface area contributed by atoms with E-state index >= 15 is 0 Å². The molecule has 0 bridgehead atoms. The molecular weight excluding hydrogens is 442 g/mol. The van der Waals surface area contributed by atoms with E-state index in [9.17, 15) is 4.79 Å². The predicted octanol–water partition coefficient (Wildman–Crippen LogP) is 3.81. The number of ether oxygens (including phenoxy) is 3. The zero-order valence-corrected chi connectivity index (χ0v) is 20.2. The highest BCUT2D eigenvalue weighted by Gasteiger charge is 2.64. The topological polar surface area (TPSA) is 64.1 Å². The van der Waals surface area contributed by atoms with Crippen molar-refractivity contribution in [2.75, 3.05) is 45.3 Å². The summed E-state index contributed by atoms with van der Waals surface area (Å²) in [5.74, 6) is 1.47. The summed E-state index contributed by atoms with van der Waals surface area (Å²) < 4.78 is 17.3. The van der Waals surface area contributed by atoms with Gasteiger partial charge in [-0.25, -0.2) is 4.98 Å². The number of rotatable bonds is 8. The van der Waals surface area contributed by atoms with Crippen LogP contribution in [0.4, 0.5) is 5.82 Å². The smallest absolute Gasteiger partial charge is 0.321 e.